The lowest BCUT2D eigenvalue weighted by Crippen LogP contribution is -2.17. The highest BCUT2D eigenvalue weighted by atomic mass is 32.1. The van der Waals surface area contributed by atoms with Gasteiger partial charge in [0, 0.05) is 17.6 Å². The number of hydrogen-bond acceptors (Lipinski definition) is 4. The molecule has 12 heavy (non-hydrogen) atoms. The van der Waals surface area contributed by atoms with Crippen molar-refractivity contribution in [2.24, 2.45) is 0 Å². The summed E-state index contributed by atoms with van der Waals surface area (Å²) in [5.74, 6) is 0. The van der Waals surface area contributed by atoms with E-state index in [2.05, 4.69) is 9.88 Å². The zero-order chi connectivity index (χ0) is 8.39. The number of likely N-dealkylation sites (tertiary alicyclic amines) is 1. The van der Waals surface area contributed by atoms with Crippen molar-refractivity contribution in [2.75, 3.05) is 18.8 Å². The van der Waals surface area contributed by atoms with Crippen LogP contribution in [0.15, 0.2) is 6.20 Å². The van der Waals surface area contributed by atoms with Gasteiger partial charge in [0.2, 0.25) is 0 Å². The van der Waals surface area contributed by atoms with Crippen LogP contribution in [0.5, 0.6) is 0 Å². The number of nitrogens with two attached hydrogens (primary N) is 1. The van der Waals surface area contributed by atoms with E-state index < -0.39 is 0 Å². The summed E-state index contributed by atoms with van der Waals surface area (Å²) in [5, 5.41) is 0.684. The standard InChI is InChI=1S/C8H13N3S/c9-8-10-5-7(12-8)6-11-3-1-2-4-11/h5H,1-4,6H2,(H2,9,10). The summed E-state index contributed by atoms with van der Waals surface area (Å²) in [6.07, 6.45) is 4.57. The maximum absolute atomic E-state index is 5.54. The van der Waals surface area contributed by atoms with Gasteiger partial charge in [0.05, 0.1) is 0 Å². The molecule has 1 aliphatic rings. The third-order valence-electron chi connectivity index (χ3n) is 2.15. The second-order valence-corrected chi connectivity index (χ2v) is 4.29. The summed E-state index contributed by atoms with van der Waals surface area (Å²) in [4.78, 5) is 7.77. The van der Waals surface area contributed by atoms with Gasteiger partial charge >= 0.3 is 0 Å². The van der Waals surface area contributed by atoms with Crippen LogP contribution in [-0.2, 0) is 6.54 Å². The van der Waals surface area contributed by atoms with Crippen molar-refractivity contribution in [3.8, 4) is 0 Å². The van der Waals surface area contributed by atoms with Gasteiger partial charge in [-0.3, -0.25) is 4.90 Å². The quantitative estimate of drug-likeness (QED) is 0.752. The lowest BCUT2D eigenvalue weighted by atomic mass is 10.4. The molecule has 0 aromatic carbocycles. The number of aromatic nitrogens is 1. The normalized spacial score (nSPS) is 18.7. The Bertz CT molecular complexity index is 253. The average molecular weight is 183 g/mol. The summed E-state index contributed by atoms with van der Waals surface area (Å²) < 4.78 is 0. The van der Waals surface area contributed by atoms with Crippen molar-refractivity contribution in [1.29, 1.82) is 0 Å². The Morgan fingerprint density at radius 2 is 2.25 bits per heavy atom. The molecule has 1 saturated heterocycles. The first kappa shape index (κ1) is 8.01. The molecule has 0 radical (unpaired) electrons. The molecule has 1 fully saturated rings. The minimum Gasteiger partial charge on any atom is -0.375 e. The fourth-order valence-electron chi connectivity index (χ4n) is 1.56. The van der Waals surface area contributed by atoms with Crippen LogP contribution < -0.4 is 5.73 Å². The van der Waals surface area contributed by atoms with Crippen molar-refractivity contribution in [3.63, 3.8) is 0 Å². The summed E-state index contributed by atoms with van der Waals surface area (Å²) in [7, 11) is 0. The first-order valence-corrected chi connectivity index (χ1v) is 5.09. The van der Waals surface area contributed by atoms with Crippen molar-refractivity contribution < 1.29 is 0 Å². The van der Waals surface area contributed by atoms with Crippen molar-refractivity contribution >= 4 is 16.5 Å². The largest absolute Gasteiger partial charge is 0.375 e. The van der Waals surface area contributed by atoms with E-state index in [4.69, 9.17) is 5.73 Å². The smallest absolute Gasteiger partial charge is 0.180 e. The van der Waals surface area contributed by atoms with E-state index in [0.717, 1.165) is 6.54 Å². The van der Waals surface area contributed by atoms with Gasteiger partial charge in [0.15, 0.2) is 5.13 Å². The van der Waals surface area contributed by atoms with Crippen LogP contribution in [-0.4, -0.2) is 23.0 Å². The van der Waals surface area contributed by atoms with Gasteiger partial charge in [-0.25, -0.2) is 4.98 Å². The van der Waals surface area contributed by atoms with Crippen LogP contribution in [0, 0.1) is 0 Å². The molecule has 1 aromatic rings. The molecule has 66 valence electrons. The first-order valence-electron chi connectivity index (χ1n) is 4.27. The Hall–Kier alpha value is -0.610. The Labute approximate surface area is 76.2 Å². The lowest BCUT2D eigenvalue weighted by Gasteiger charge is -2.11. The predicted octanol–water partition coefficient (Wildman–Crippen LogP) is 1.32. The molecule has 1 aromatic heterocycles. The Morgan fingerprint density at radius 1 is 1.50 bits per heavy atom. The van der Waals surface area contributed by atoms with Crippen molar-refractivity contribution in [2.45, 2.75) is 19.4 Å². The number of anilines is 1. The molecule has 0 bridgehead atoms. The second-order valence-electron chi connectivity index (χ2n) is 3.15. The highest BCUT2D eigenvalue weighted by molar-refractivity contribution is 7.15. The van der Waals surface area contributed by atoms with Gasteiger partial charge in [-0.05, 0) is 25.9 Å². The number of rotatable bonds is 2. The minimum atomic E-state index is 0.684. The van der Waals surface area contributed by atoms with E-state index in [-0.39, 0.29) is 0 Å². The van der Waals surface area contributed by atoms with E-state index in [0.29, 0.717) is 5.13 Å². The van der Waals surface area contributed by atoms with E-state index >= 15 is 0 Å². The Balaban J connectivity index is 1.94. The Kier molecular flexibility index (Phi) is 2.28. The molecule has 0 aliphatic carbocycles. The van der Waals surface area contributed by atoms with E-state index in [1.807, 2.05) is 6.20 Å². The van der Waals surface area contributed by atoms with Crippen molar-refractivity contribution in [1.82, 2.24) is 9.88 Å². The predicted molar refractivity (Wildman–Crippen MR) is 51.0 cm³/mol. The van der Waals surface area contributed by atoms with Gasteiger partial charge in [0.25, 0.3) is 0 Å². The topological polar surface area (TPSA) is 42.1 Å². The van der Waals surface area contributed by atoms with Gasteiger partial charge in [-0.1, -0.05) is 0 Å². The summed E-state index contributed by atoms with van der Waals surface area (Å²) in [6.45, 7) is 3.50. The SMILES string of the molecule is Nc1ncc(CN2CCCC2)s1. The number of nitrogens with zero attached hydrogens (tertiary/aromatic N) is 2. The number of nitrogen functional groups attached to an aromatic ring is 1. The van der Waals surface area contributed by atoms with Gasteiger partial charge in [0.1, 0.15) is 0 Å². The minimum absolute atomic E-state index is 0.684. The van der Waals surface area contributed by atoms with Crippen LogP contribution in [0.1, 0.15) is 17.7 Å². The average Bonchev–Trinajstić information content (AvgIpc) is 2.63. The molecule has 2 N–H and O–H groups in total. The van der Waals surface area contributed by atoms with Gasteiger partial charge < -0.3 is 5.73 Å². The molecule has 0 unspecified atom stereocenters. The highest BCUT2D eigenvalue weighted by Gasteiger charge is 2.12. The monoisotopic (exact) mass is 183 g/mol. The number of hydrogen-bond donors (Lipinski definition) is 1. The molecular formula is C8H13N3S. The van der Waals surface area contributed by atoms with E-state index in [1.54, 1.807) is 11.3 Å². The van der Waals surface area contributed by atoms with Crippen LogP contribution in [0.25, 0.3) is 0 Å². The Morgan fingerprint density at radius 3 is 2.83 bits per heavy atom. The summed E-state index contributed by atoms with van der Waals surface area (Å²) in [5.41, 5.74) is 5.54. The third-order valence-corrected chi connectivity index (χ3v) is 2.96. The van der Waals surface area contributed by atoms with Crippen LogP contribution in [0.3, 0.4) is 0 Å². The summed E-state index contributed by atoms with van der Waals surface area (Å²) >= 11 is 1.60. The van der Waals surface area contributed by atoms with E-state index in [9.17, 15) is 0 Å². The zero-order valence-electron chi connectivity index (χ0n) is 6.99. The fourth-order valence-corrected chi connectivity index (χ4v) is 2.28. The molecule has 0 atom stereocenters. The molecule has 0 saturated carbocycles. The molecule has 4 heteroatoms. The molecule has 2 rings (SSSR count). The van der Waals surface area contributed by atoms with Gasteiger partial charge in [-0.15, -0.1) is 11.3 Å². The van der Waals surface area contributed by atoms with Crippen LogP contribution in [0.2, 0.25) is 0 Å². The van der Waals surface area contributed by atoms with Crippen LogP contribution in [0.4, 0.5) is 5.13 Å². The summed E-state index contributed by atoms with van der Waals surface area (Å²) in [6, 6.07) is 0. The molecule has 3 nitrogen and oxygen atoms in total. The molecular weight excluding hydrogens is 170 g/mol. The molecule has 1 aliphatic heterocycles. The molecule has 0 amide bonds. The van der Waals surface area contributed by atoms with Crippen LogP contribution >= 0.6 is 11.3 Å². The zero-order valence-corrected chi connectivity index (χ0v) is 7.81. The van der Waals surface area contributed by atoms with E-state index in [1.165, 1.54) is 30.8 Å². The first-order chi connectivity index (χ1) is 5.84. The lowest BCUT2D eigenvalue weighted by molar-refractivity contribution is 0.334. The van der Waals surface area contributed by atoms with Gasteiger partial charge in [-0.2, -0.15) is 0 Å². The maximum atomic E-state index is 5.54. The molecule has 2 heterocycles. The van der Waals surface area contributed by atoms with Crippen molar-refractivity contribution in [3.05, 3.63) is 11.1 Å². The second kappa shape index (κ2) is 3.41. The molecule has 0 spiro atoms. The maximum Gasteiger partial charge on any atom is 0.180 e. The fraction of sp³-hybridized carbons (Fsp3) is 0.625. The highest BCUT2D eigenvalue weighted by Crippen LogP contribution is 2.18. The third kappa shape index (κ3) is 1.76. The number of thiazole rings is 1.